The summed E-state index contributed by atoms with van der Waals surface area (Å²) in [6, 6.07) is 11.1. The molecule has 0 aliphatic carbocycles. The highest BCUT2D eigenvalue weighted by Crippen LogP contribution is 2.22. The van der Waals surface area contributed by atoms with Crippen molar-refractivity contribution in [1.82, 2.24) is 0 Å². The number of hydrogen-bond donors (Lipinski definition) is 1. The van der Waals surface area contributed by atoms with Gasteiger partial charge in [-0.2, -0.15) is 0 Å². The van der Waals surface area contributed by atoms with Crippen LogP contribution in [-0.2, 0) is 6.61 Å². The molecule has 2 aromatic carbocycles. The Bertz CT molecular complexity index is 602. The van der Waals surface area contributed by atoms with E-state index in [1.165, 1.54) is 18.3 Å². The van der Waals surface area contributed by atoms with Gasteiger partial charge in [0.1, 0.15) is 18.2 Å². The van der Waals surface area contributed by atoms with Gasteiger partial charge in [-0.3, -0.25) is 0 Å². The molecule has 0 saturated heterocycles. The molecular formula is C14H11ClFNO2. The van der Waals surface area contributed by atoms with Gasteiger partial charge in [0, 0.05) is 10.6 Å². The van der Waals surface area contributed by atoms with E-state index in [4.69, 9.17) is 21.5 Å². The lowest BCUT2D eigenvalue weighted by Gasteiger charge is -2.09. The summed E-state index contributed by atoms with van der Waals surface area (Å²) in [5.74, 6) is 0.195. The predicted octanol–water partition coefficient (Wildman–Crippen LogP) is 3.87. The topological polar surface area (TPSA) is 41.8 Å². The first-order chi connectivity index (χ1) is 9.19. The highest BCUT2D eigenvalue weighted by atomic mass is 35.5. The van der Waals surface area contributed by atoms with Crippen LogP contribution in [0.1, 0.15) is 11.1 Å². The molecule has 98 valence electrons. The minimum absolute atomic E-state index is 0.214. The van der Waals surface area contributed by atoms with Crippen molar-refractivity contribution in [3.63, 3.8) is 0 Å². The lowest BCUT2D eigenvalue weighted by atomic mass is 10.2. The molecule has 2 rings (SSSR count). The third-order valence-electron chi connectivity index (χ3n) is 2.45. The van der Waals surface area contributed by atoms with Crippen molar-refractivity contribution in [2.75, 3.05) is 0 Å². The standard InChI is InChI=1S/C14H11ClFNO2/c15-12-4-5-14(11(7-12)8-17-18)19-9-10-2-1-3-13(16)6-10/h1-8,18H,9H2/b17-8+. The van der Waals surface area contributed by atoms with Crippen LogP contribution >= 0.6 is 11.6 Å². The van der Waals surface area contributed by atoms with Crippen LogP contribution in [0.25, 0.3) is 0 Å². The Morgan fingerprint density at radius 1 is 1.26 bits per heavy atom. The molecule has 0 aliphatic rings. The molecule has 0 aromatic heterocycles. The Labute approximate surface area is 114 Å². The molecule has 0 amide bonds. The summed E-state index contributed by atoms with van der Waals surface area (Å²) in [4.78, 5) is 0. The Morgan fingerprint density at radius 2 is 2.11 bits per heavy atom. The molecular weight excluding hydrogens is 269 g/mol. The number of ether oxygens (including phenoxy) is 1. The predicted molar refractivity (Wildman–Crippen MR) is 71.6 cm³/mol. The summed E-state index contributed by atoms with van der Waals surface area (Å²) in [5, 5.41) is 12.0. The monoisotopic (exact) mass is 279 g/mol. The molecule has 0 fully saturated rings. The number of rotatable bonds is 4. The van der Waals surface area contributed by atoms with Crippen LogP contribution in [0.15, 0.2) is 47.6 Å². The van der Waals surface area contributed by atoms with Gasteiger partial charge in [-0.1, -0.05) is 28.9 Å². The van der Waals surface area contributed by atoms with Crippen molar-refractivity contribution in [3.8, 4) is 5.75 Å². The van der Waals surface area contributed by atoms with Crippen molar-refractivity contribution >= 4 is 17.8 Å². The van der Waals surface area contributed by atoms with Crippen molar-refractivity contribution in [2.24, 2.45) is 5.16 Å². The van der Waals surface area contributed by atoms with Gasteiger partial charge in [0.15, 0.2) is 0 Å². The van der Waals surface area contributed by atoms with Gasteiger partial charge in [-0.05, 0) is 35.9 Å². The summed E-state index contributed by atoms with van der Waals surface area (Å²) >= 11 is 5.84. The summed E-state index contributed by atoms with van der Waals surface area (Å²) in [7, 11) is 0. The zero-order valence-electron chi connectivity index (χ0n) is 9.88. The Hall–Kier alpha value is -2.07. The van der Waals surface area contributed by atoms with Crippen LogP contribution in [0, 0.1) is 5.82 Å². The van der Waals surface area contributed by atoms with E-state index in [1.54, 1.807) is 30.3 Å². The van der Waals surface area contributed by atoms with E-state index < -0.39 is 0 Å². The van der Waals surface area contributed by atoms with Gasteiger partial charge >= 0.3 is 0 Å². The fourth-order valence-electron chi connectivity index (χ4n) is 1.60. The van der Waals surface area contributed by atoms with E-state index >= 15 is 0 Å². The number of nitrogens with zero attached hydrogens (tertiary/aromatic N) is 1. The van der Waals surface area contributed by atoms with E-state index in [9.17, 15) is 4.39 Å². The Morgan fingerprint density at radius 3 is 2.84 bits per heavy atom. The zero-order valence-corrected chi connectivity index (χ0v) is 10.6. The lowest BCUT2D eigenvalue weighted by Crippen LogP contribution is -1.99. The molecule has 1 N–H and O–H groups in total. The third-order valence-corrected chi connectivity index (χ3v) is 2.69. The van der Waals surface area contributed by atoms with Crippen molar-refractivity contribution in [1.29, 1.82) is 0 Å². The molecule has 3 nitrogen and oxygen atoms in total. The molecule has 0 atom stereocenters. The average Bonchev–Trinajstić information content (AvgIpc) is 2.38. The molecule has 0 unspecified atom stereocenters. The minimum Gasteiger partial charge on any atom is -0.488 e. The fraction of sp³-hybridized carbons (Fsp3) is 0.0714. The lowest BCUT2D eigenvalue weighted by molar-refractivity contribution is 0.303. The normalized spacial score (nSPS) is 10.8. The molecule has 2 aromatic rings. The van der Waals surface area contributed by atoms with Gasteiger partial charge in [0.05, 0.1) is 6.21 Å². The minimum atomic E-state index is -0.311. The van der Waals surface area contributed by atoms with E-state index in [-0.39, 0.29) is 12.4 Å². The quantitative estimate of drug-likeness (QED) is 0.524. The molecule has 0 spiro atoms. The first-order valence-electron chi connectivity index (χ1n) is 5.53. The summed E-state index contributed by atoms with van der Waals surface area (Å²) in [6.07, 6.45) is 1.23. The van der Waals surface area contributed by atoms with Gasteiger partial charge in [-0.15, -0.1) is 0 Å². The van der Waals surface area contributed by atoms with Crippen LogP contribution in [0.3, 0.4) is 0 Å². The second-order valence-electron chi connectivity index (χ2n) is 3.85. The molecule has 0 bridgehead atoms. The highest BCUT2D eigenvalue weighted by molar-refractivity contribution is 6.30. The second kappa shape index (κ2) is 6.20. The number of benzene rings is 2. The summed E-state index contributed by atoms with van der Waals surface area (Å²) in [5.41, 5.74) is 1.26. The van der Waals surface area contributed by atoms with Crippen LogP contribution in [0.5, 0.6) is 5.75 Å². The maximum atomic E-state index is 13.0. The van der Waals surface area contributed by atoms with Crippen molar-refractivity contribution in [3.05, 3.63) is 64.4 Å². The Kier molecular flexibility index (Phi) is 4.36. The first kappa shape index (κ1) is 13.4. The van der Waals surface area contributed by atoms with Crippen LogP contribution in [0.2, 0.25) is 5.02 Å². The van der Waals surface area contributed by atoms with Crippen LogP contribution in [-0.4, -0.2) is 11.4 Å². The van der Waals surface area contributed by atoms with Crippen molar-refractivity contribution in [2.45, 2.75) is 6.61 Å². The van der Waals surface area contributed by atoms with E-state index in [1.807, 2.05) is 0 Å². The van der Waals surface area contributed by atoms with Gasteiger partial charge in [0.25, 0.3) is 0 Å². The van der Waals surface area contributed by atoms with E-state index in [2.05, 4.69) is 5.16 Å². The largest absolute Gasteiger partial charge is 0.488 e. The van der Waals surface area contributed by atoms with Gasteiger partial charge in [0.2, 0.25) is 0 Å². The number of hydrogen-bond acceptors (Lipinski definition) is 3. The maximum absolute atomic E-state index is 13.0. The molecule has 0 saturated carbocycles. The van der Waals surface area contributed by atoms with Gasteiger partial charge < -0.3 is 9.94 Å². The first-order valence-corrected chi connectivity index (χ1v) is 5.91. The summed E-state index contributed by atoms with van der Waals surface area (Å²) in [6.45, 7) is 0.214. The average molecular weight is 280 g/mol. The molecule has 0 heterocycles. The molecule has 0 aliphatic heterocycles. The molecule has 0 radical (unpaired) electrons. The van der Waals surface area contributed by atoms with E-state index in [0.717, 1.165) is 0 Å². The number of halogens is 2. The smallest absolute Gasteiger partial charge is 0.128 e. The van der Waals surface area contributed by atoms with Crippen molar-refractivity contribution < 1.29 is 14.3 Å². The third kappa shape index (κ3) is 3.69. The number of oxime groups is 1. The van der Waals surface area contributed by atoms with E-state index in [0.29, 0.717) is 21.9 Å². The maximum Gasteiger partial charge on any atom is 0.128 e. The Balaban J connectivity index is 2.15. The summed E-state index contributed by atoms with van der Waals surface area (Å²) < 4.78 is 18.6. The SMILES string of the molecule is O/N=C/c1cc(Cl)ccc1OCc1cccc(F)c1. The zero-order chi connectivity index (χ0) is 13.7. The van der Waals surface area contributed by atoms with Crippen LogP contribution in [0.4, 0.5) is 4.39 Å². The highest BCUT2D eigenvalue weighted by Gasteiger charge is 2.04. The van der Waals surface area contributed by atoms with Gasteiger partial charge in [-0.25, -0.2) is 4.39 Å². The fourth-order valence-corrected chi connectivity index (χ4v) is 1.78. The van der Waals surface area contributed by atoms with Crippen LogP contribution < -0.4 is 4.74 Å². The molecule has 19 heavy (non-hydrogen) atoms. The second-order valence-corrected chi connectivity index (χ2v) is 4.28. The molecule has 5 heteroatoms.